The molecule has 0 bridgehead atoms. The van der Waals surface area contributed by atoms with Gasteiger partial charge in [0.15, 0.2) is 11.4 Å². The second-order valence-corrected chi connectivity index (χ2v) is 7.92. The van der Waals surface area contributed by atoms with Crippen molar-refractivity contribution in [2.75, 3.05) is 25.9 Å². The number of fused-ring (bicyclic) bond motifs is 1. The molecular weight excluding hydrogens is 399 g/mol. The number of nitrogens with zero attached hydrogens (tertiary/aromatic N) is 5. The average molecular weight is 422 g/mol. The molecule has 31 heavy (non-hydrogen) atoms. The Morgan fingerprint density at radius 2 is 2.06 bits per heavy atom. The smallest absolute Gasteiger partial charge is 0.231 e. The van der Waals surface area contributed by atoms with E-state index >= 15 is 0 Å². The van der Waals surface area contributed by atoms with Crippen LogP contribution in [0, 0.1) is 5.82 Å². The molecule has 1 aromatic carbocycles. The highest BCUT2D eigenvalue weighted by atomic mass is 19.1. The van der Waals surface area contributed by atoms with Gasteiger partial charge in [-0.1, -0.05) is 6.07 Å². The van der Waals surface area contributed by atoms with Crippen LogP contribution in [0.5, 0.6) is 0 Å². The molecule has 3 aromatic heterocycles. The lowest BCUT2D eigenvalue weighted by molar-refractivity contribution is 0.210. The molecule has 0 unspecified atom stereocenters. The molecule has 9 heteroatoms. The van der Waals surface area contributed by atoms with E-state index in [1.165, 1.54) is 6.07 Å². The predicted molar refractivity (Wildman–Crippen MR) is 115 cm³/mol. The Bertz CT molecular complexity index is 1240. The van der Waals surface area contributed by atoms with Crippen molar-refractivity contribution in [3.05, 3.63) is 48.2 Å². The third-order valence-corrected chi connectivity index (χ3v) is 5.85. The Hall–Kier alpha value is -3.30. The third kappa shape index (κ3) is 3.55. The van der Waals surface area contributed by atoms with Crippen LogP contribution in [-0.2, 0) is 6.61 Å². The van der Waals surface area contributed by atoms with Gasteiger partial charge in [0.2, 0.25) is 5.89 Å². The van der Waals surface area contributed by atoms with Gasteiger partial charge in [0.25, 0.3) is 0 Å². The maximum absolute atomic E-state index is 14.1. The molecular formula is C22H23FN6O2. The maximum atomic E-state index is 14.1. The lowest BCUT2D eigenvalue weighted by atomic mass is 10.0. The normalized spacial score (nSPS) is 15.7. The van der Waals surface area contributed by atoms with Gasteiger partial charge in [0, 0.05) is 23.5 Å². The molecule has 0 radical (unpaired) electrons. The molecule has 0 spiro atoms. The molecule has 0 saturated carbocycles. The van der Waals surface area contributed by atoms with E-state index in [4.69, 9.17) is 10.2 Å². The van der Waals surface area contributed by atoms with Crippen molar-refractivity contribution in [2.45, 2.75) is 25.5 Å². The van der Waals surface area contributed by atoms with E-state index < -0.39 is 5.82 Å². The number of para-hydroxylation sites is 1. The topological polar surface area (TPSA) is 106 Å². The van der Waals surface area contributed by atoms with Crippen LogP contribution in [0.1, 0.15) is 24.6 Å². The van der Waals surface area contributed by atoms with Gasteiger partial charge in [-0.2, -0.15) is 5.10 Å². The van der Waals surface area contributed by atoms with Crippen molar-refractivity contribution >= 4 is 16.9 Å². The Morgan fingerprint density at radius 3 is 2.81 bits per heavy atom. The van der Waals surface area contributed by atoms with Crippen molar-refractivity contribution in [2.24, 2.45) is 0 Å². The van der Waals surface area contributed by atoms with E-state index in [0.29, 0.717) is 16.8 Å². The number of anilines is 1. The molecule has 0 atom stereocenters. The summed E-state index contributed by atoms with van der Waals surface area (Å²) in [6, 6.07) is 6.63. The van der Waals surface area contributed by atoms with Crippen LogP contribution in [0.25, 0.3) is 33.7 Å². The van der Waals surface area contributed by atoms with Crippen LogP contribution in [0.2, 0.25) is 0 Å². The summed E-state index contributed by atoms with van der Waals surface area (Å²) in [6.45, 7) is 1.83. The summed E-state index contributed by atoms with van der Waals surface area (Å²) >= 11 is 0. The van der Waals surface area contributed by atoms with E-state index in [1.807, 2.05) is 10.9 Å². The minimum atomic E-state index is -0.461. The Labute approximate surface area is 178 Å². The molecule has 8 nitrogen and oxygen atoms in total. The molecule has 4 heterocycles. The van der Waals surface area contributed by atoms with Crippen molar-refractivity contribution in [3.63, 3.8) is 0 Å². The van der Waals surface area contributed by atoms with E-state index in [-0.39, 0.29) is 29.9 Å². The number of piperidine rings is 1. The number of aliphatic hydroxyl groups excluding tert-OH is 1. The fraction of sp³-hybridized carbons (Fsp3) is 0.318. The Kier molecular flexibility index (Phi) is 4.91. The number of nitrogen functional groups attached to an aromatic ring is 1. The van der Waals surface area contributed by atoms with Crippen LogP contribution in [0.3, 0.4) is 0 Å². The first kappa shape index (κ1) is 19.7. The van der Waals surface area contributed by atoms with E-state index in [2.05, 4.69) is 27.0 Å². The summed E-state index contributed by atoms with van der Waals surface area (Å²) in [5.74, 6) is -0.0404. The number of rotatable bonds is 4. The van der Waals surface area contributed by atoms with Gasteiger partial charge >= 0.3 is 0 Å². The zero-order valence-electron chi connectivity index (χ0n) is 17.1. The first-order valence-electron chi connectivity index (χ1n) is 10.2. The third-order valence-electron chi connectivity index (χ3n) is 5.85. The SMILES string of the molecule is CN1CCC(n2cc(-c3cnc(N)c(-c4nc5c(F)cccc5o4)c3)c(CO)n2)CC1. The number of hydrogen-bond donors (Lipinski definition) is 2. The highest BCUT2D eigenvalue weighted by Crippen LogP contribution is 2.34. The largest absolute Gasteiger partial charge is 0.436 e. The van der Waals surface area contributed by atoms with E-state index in [0.717, 1.165) is 37.1 Å². The molecule has 5 rings (SSSR count). The van der Waals surface area contributed by atoms with Crippen LogP contribution >= 0.6 is 0 Å². The second-order valence-electron chi connectivity index (χ2n) is 7.92. The molecule has 0 amide bonds. The zero-order valence-corrected chi connectivity index (χ0v) is 17.1. The van der Waals surface area contributed by atoms with Crippen LogP contribution in [-0.4, -0.2) is 49.9 Å². The first-order chi connectivity index (χ1) is 15.0. The number of hydrogen-bond acceptors (Lipinski definition) is 7. The number of pyridine rings is 1. The van der Waals surface area contributed by atoms with Crippen LogP contribution in [0.4, 0.5) is 10.2 Å². The van der Waals surface area contributed by atoms with Crippen molar-refractivity contribution in [1.82, 2.24) is 24.6 Å². The molecule has 1 fully saturated rings. The predicted octanol–water partition coefficient (Wildman–Crippen LogP) is 3.23. The highest BCUT2D eigenvalue weighted by molar-refractivity contribution is 5.81. The fourth-order valence-electron chi connectivity index (χ4n) is 4.06. The van der Waals surface area contributed by atoms with Gasteiger partial charge < -0.3 is 20.2 Å². The quantitative estimate of drug-likeness (QED) is 0.520. The van der Waals surface area contributed by atoms with Gasteiger partial charge in [-0.15, -0.1) is 0 Å². The van der Waals surface area contributed by atoms with Crippen LogP contribution < -0.4 is 5.73 Å². The lowest BCUT2D eigenvalue weighted by Crippen LogP contribution is -2.31. The van der Waals surface area contributed by atoms with Crippen molar-refractivity contribution in [3.8, 4) is 22.6 Å². The summed E-state index contributed by atoms with van der Waals surface area (Å²) in [5, 5.41) is 14.5. The number of halogens is 1. The van der Waals surface area contributed by atoms with Gasteiger partial charge in [0.05, 0.1) is 23.9 Å². The number of nitrogens with two attached hydrogens (primary N) is 1. The molecule has 1 aliphatic heterocycles. The molecule has 1 aliphatic rings. The molecule has 3 N–H and O–H groups in total. The zero-order chi connectivity index (χ0) is 21.5. The second kappa shape index (κ2) is 7.75. The average Bonchev–Trinajstić information content (AvgIpc) is 3.40. The van der Waals surface area contributed by atoms with E-state index in [1.54, 1.807) is 24.4 Å². The maximum Gasteiger partial charge on any atom is 0.231 e. The summed E-state index contributed by atoms with van der Waals surface area (Å²) in [4.78, 5) is 10.9. The van der Waals surface area contributed by atoms with Gasteiger partial charge in [-0.05, 0) is 51.2 Å². The molecule has 4 aromatic rings. The molecule has 160 valence electrons. The Morgan fingerprint density at radius 1 is 1.26 bits per heavy atom. The van der Waals surface area contributed by atoms with E-state index in [9.17, 15) is 9.50 Å². The van der Waals surface area contributed by atoms with Crippen molar-refractivity contribution in [1.29, 1.82) is 0 Å². The number of aromatic nitrogens is 4. The summed E-state index contributed by atoms with van der Waals surface area (Å²) in [5.41, 5.74) is 9.11. The van der Waals surface area contributed by atoms with Gasteiger partial charge in [-0.25, -0.2) is 14.4 Å². The number of aliphatic hydroxyl groups is 1. The number of likely N-dealkylation sites (tertiary alicyclic amines) is 1. The Balaban J connectivity index is 1.55. The van der Waals surface area contributed by atoms with Gasteiger partial charge in [0.1, 0.15) is 11.3 Å². The van der Waals surface area contributed by atoms with Crippen LogP contribution in [0.15, 0.2) is 41.1 Å². The number of oxazole rings is 1. The van der Waals surface area contributed by atoms with Crippen molar-refractivity contribution < 1.29 is 13.9 Å². The monoisotopic (exact) mass is 422 g/mol. The standard InChI is InChI=1S/C22H23FN6O2/c1-28-7-5-14(6-8-28)29-11-16(18(12-30)27-29)13-9-15(21(24)25-10-13)22-26-20-17(23)3-2-4-19(20)31-22/h2-4,9-11,14,30H,5-8,12H2,1H3,(H2,24,25). The molecule has 0 aliphatic carbocycles. The summed E-state index contributed by atoms with van der Waals surface area (Å²) < 4.78 is 21.7. The van der Waals surface area contributed by atoms with Gasteiger partial charge in [-0.3, -0.25) is 4.68 Å². The lowest BCUT2D eigenvalue weighted by Gasteiger charge is -2.29. The minimum absolute atomic E-state index is 0.147. The fourth-order valence-corrected chi connectivity index (χ4v) is 4.06. The minimum Gasteiger partial charge on any atom is -0.436 e. The summed E-state index contributed by atoms with van der Waals surface area (Å²) in [7, 11) is 2.11. The summed E-state index contributed by atoms with van der Waals surface area (Å²) in [6.07, 6.45) is 5.59. The molecule has 1 saturated heterocycles. The number of benzene rings is 1. The highest BCUT2D eigenvalue weighted by Gasteiger charge is 2.22. The first-order valence-corrected chi connectivity index (χ1v) is 10.2.